The molecule has 3 N–H and O–H groups in total. The second-order valence-electron chi connectivity index (χ2n) is 2.66. The summed E-state index contributed by atoms with van der Waals surface area (Å²) < 4.78 is 24.8. The molecule has 0 unspecified atom stereocenters. The van der Waals surface area contributed by atoms with Gasteiger partial charge in [0.2, 0.25) is 0 Å². The molecule has 1 aromatic heterocycles. The van der Waals surface area contributed by atoms with E-state index in [1.54, 1.807) is 0 Å². The molecule has 0 bridgehead atoms. The van der Waals surface area contributed by atoms with Gasteiger partial charge in [-0.1, -0.05) is 0 Å². The number of pyridine rings is 1. The summed E-state index contributed by atoms with van der Waals surface area (Å²) in [5, 5.41) is 8.80. The van der Waals surface area contributed by atoms with Gasteiger partial charge in [0.15, 0.2) is 0 Å². The lowest BCUT2D eigenvalue weighted by Gasteiger charge is -2.09. The summed E-state index contributed by atoms with van der Waals surface area (Å²) in [4.78, 5) is 3.69. The molecular formula is C8H10F2N2O. The molecule has 0 radical (unpaired) electrons. The van der Waals surface area contributed by atoms with Crippen molar-refractivity contribution in [3.63, 3.8) is 0 Å². The number of alkyl halides is 2. The van der Waals surface area contributed by atoms with Gasteiger partial charge in [-0.15, -0.1) is 0 Å². The minimum Gasteiger partial charge on any atom is -0.392 e. The molecule has 0 fully saturated rings. The highest BCUT2D eigenvalue weighted by Crippen LogP contribution is 2.26. The molecule has 72 valence electrons. The third-order valence-corrected chi connectivity index (χ3v) is 1.74. The lowest BCUT2D eigenvalue weighted by Crippen LogP contribution is -2.03. The highest BCUT2D eigenvalue weighted by molar-refractivity contribution is 5.41. The third kappa shape index (κ3) is 1.92. The van der Waals surface area contributed by atoms with Gasteiger partial charge in [0.05, 0.1) is 6.61 Å². The van der Waals surface area contributed by atoms with Gasteiger partial charge in [0, 0.05) is 11.3 Å². The van der Waals surface area contributed by atoms with E-state index in [1.165, 1.54) is 13.0 Å². The van der Waals surface area contributed by atoms with Crippen LogP contribution in [-0.4, -0.2) is 10.1 Å². The van der Waals surface area contributed by atoms with Crippen molar-refractivity contribution in [3.05, 3.63) is 22.9 Å². The Hall–Kier alpha value is -1.23. The van der Waals surface area contributed by atoms with Crippen LogP contribution in [0.25, 0.3) is 0 Å². The quantitative estimate of drug-likeness (QED) is 0.737. The Morgan fingerprint density at radius 1 is 1.62 bits per heavy atom. The smallest absolute Gasteiger partial charge is 0.265 e. The number of nitrogen functional groups attached to an aromatic ring is 1. The molecule has 5 heteroatoms. The normalized spacial score (nSPS) is 10.8. The molecule has 13 heavy (non-hydrogen) atoms. The fourth-order valence-corrected chi connectivity index (χ4v) is 1.20. The van der Waals surface area contributed by atoms with Crippen LogP contribution in [0.5, 0.6) is 0 Å². The largest absolute Gasteiger partial charge is 0.392 e. The van der Waals surface area contributed by atoms with Gasteiger partial charge in [0.25, 0.3) is 6.43 Å². The van der Waals surface area contributed by atoms with E-state index in [1.807, 2.05) is 0 Å². The van der Waals surface area contributed by atoms with Gasteiger partial charge in [-0.2, -0.15) is 0 Å². The molecule has 1 rings (SSSR count). The number of halogens is 2. The average Bonchev–Trinajstić information content (AvgIpc) is 2.01. The fraction of sp³-hybridized carbons (Fsp3) is 0.375. The monoisotopic (exact) mass is 188 g/mol. The maximum Gasteiger partial charge on any atom is 0.265 e. The van der Waals surface area contributed by atoms with E-state index in [2.05, 4.69) is 4.98 Å². The standard InChI is InChI=1S/C8H10F2N2O/c1-4-7(8(9)10)5(3-13)2-6(11)12-4/h2,8,13H,3H2,1H3,(H2,11,12). The van der Waals surface area contributed by atoms with Crippen molar-refractivity contribution >= 4 is 5.82 Å². The summed E-state index contributed by atoms with van der Waals surface area (Å²) in [5.74, 6) is 0.144. The number of hydrogen-bond donors (Lipinski definition) is 2. The van der Waals surface area contributed by atoms with Crippen molar-refractivity contribution in [1.82, 2.24) is 4.98 Å². The number of hydrogen-bond acceptors (Lipinski definition) is 3. The number of aryl methyl sites for hydroxylation is 1. The number of anilines is 1. The Morgan fingerprint density at radius 3 is 2.69 bits per heavy atom. The van der Waals surface area contributed by atoms with E-state index in [-0.39, 0.29) is 22.6 Å². The second kappa shape index (κ2) is 3.66. The molecule has 0 amide bonds. The molecule has 3 nitrogen and oxygen atoms in total. The number of nitrogens with two attached hydrogens (primary N) is 1. The van der Waals surface area contributed by atoms with Gasteiger partial charge in [-0.3, -0.25) is 0 Å². The molecule has 0 saturated carbocycles. The van der Waals surface area contributed by atoms with Crippen LogP contribution in [0.1, 0.15) is 23.2 Å². The van der Waals surface area contributed by atoms with Crippen molar-refractivity contribution in [2.75, 3.05) is 5.73 Å². The first kappa shape index (κ1) is 9.85. The van der Waals surface area contributed by atoms with E-state index in [4.69, 9.17) is 10.8 Å². The lowest BCUT2D eigenvalue weighted by molar-refractivity contribution is 0.146. The molecule has 1 aromatic rings. The number of rotatable bonds is 2. The summed E-state index contributed by atoms with van der Waals surface area (Å²) in [6.07, 6.45) is -2.63. The van der Waals surface area contributed by atoms with Crippen LogP contribution in [0.15, 0.2) is 6.07 Å². The number of aliphatic hydroxyl groups excluding tert-OH is 1. The molecule has 1 heterocycles. The number of aromatic nitrogens is 1. The van der Waals surface area contributed by atoms with Crippen LogP contribution in [0, 0.1) is 6.92 Å². The summed E-state index contributed by atoms with van der Waals surface area (Å²) in [7, 11) is 0. The number of nitrogens with zero attached hydrogens (tertiary/aromatic N) is 1. The second-order valence-corrected chi connectivity index (χ2v) is 2.66. The molecule has 0 saturated heterocycles. The minimum absolute atomic E-state index is 0.139. The first-order chi connectivity index (χ1) is 6.06. The molecule has 0 aliphatic heterocycles. The third-order valence-electron chi connectivity index (χ3n) is 1.74. The van der Waals surface area contributed by atoms with Crippen LogP contribution in [0.3, 0.4) is 0 Å². The van der Waals surface area contributed by atoms with Gasteiger partial charge in [-0.05, 0) is 18.6 Å². The zero-order valence-corrected chi connectivity index (χ0v) is 7.09. The Kier molecular flexibility index (Phi) is 2.77. The van der Waals surface area contributed by atoms with Crippen LogP contribution < -0.4 is 5.73 Å². The van der Waals surface area contributed by atoms with Crippen LogP contribution in [0.4, 0.5) is 14.6 Å². The van der Waals surface area contributed by atoms with E-state index in [0.717, 1.165) is 0 Å². The lowest BCUT2D eigenvalue weighted by atomic mass is 10.1. The van der Waals surface area contributed by atoms with Crippen LogP contribution >= 0.6 is 0 Å². The van der Waals surface area contributed by atoms with Gasteiger partial charge in [0.1, 0.15) is 5.82 Å². The van der Waals surface area contributed by atoms with E-state index >= 15 is 0 Å². The molecule has 0 aliphatic carbocycles. The summed E-state index contributed by atoms with van der Waals surface area (Å²) in [6, 6.07) is 1.26. The predicted molar refractivity (Wildman–Crippen MR) is 44.3 cm³/mol. The molecule has 0 aromatic carbocycles. The summed E-state index contributed by atoms with van der Waals surface area (Å²) in [5.41, 5.74) is 5.42. The van der Waals surface area contributed by atoms with Crippen molar-refractivity contribution in [2.24, 2.45) is 0 Å². The topological polar surface area (TPSA) is 59.1 Å². The zero-order chi connectivity index (χ0) is 10.0. The zero-order valence-electron chi connectivity index (χ0n) is 7.09. The van der Waals surface area contributed by atoms with Crippen LogP contribution in [0.2, 0.25) is 0 Å². The first-order valence-electron chi connectivity index (χ1n) is 3.71. The van der Waals surface area contributed by atoms with Crippen molar-refractivity contribution in [1.29, 1.82) is 0 Å². The molecule has 0 aliphatic rings. The van der Waals surface area contributed by atoms with Gasteiger partial charge >= 0.3 is 0 Å². The van der Waals surface area contributed by atoms with E-state index in [0.29, 0.717) is 0 Å². The highest BCUT2D eigenvalue weighted by atomic mass is 19.3. The maximum atomic E-state index is 12.4. The van der Waals surface area contributed by atoms with Crippen molar-refractivity contribution < 1.29 is 13.9 Å². The minimum atomic E-state index is -2.63. The van der Waals surface area contributed by atoms with E-state index < -0.39 is 13.0 Å². The summed E-state index contributed by atoms with van der Waals surface area (Å²) >= 11 is 0. The summed E-state index contributed by atoms with van der Waals surface area (Å²) in [6.45, 7) is 0.990. The van der Waals surface area contributed by atoms with Crippen molar-refractivity contribution in [3.8, 4) is 0 Å². The van der Waals surface area contributed by atoms with Crippen LogP contribution in [-0.2, 0) is 6.61 Å². The molecule has 0 atom stereocenters. The maximum absolute atomic E-state index is 12.4. The fourth-order valence-electron chi connectivity index (χ4n) is 1.20. The predicted octanol–water partition coefficient (Wildman–Crippen LogP) is 1.40. The Morgan fingerprint density at radius 2 is 2.23 bits per heavy atom. The van der Waals surface area contributed by atoms with E-state index in [9.17, 15) is 8.78 Å². The van der Waals surface area contributed by atoms with Gasteiger partial charge in [-0.25, -0.2) is 13.8 Å². The average molecular weight is 188 g/mol. The highest BCUT2D eigenvalue weighted by Gasteiger charge is 2.16. The SMILES string of the molecule is Cc1nc(N)cc(CO)c1C(F)F. The Balaban J connectivity index is 3.30. The Bertz CT molecular complexity index is 315. The molecule has 0 spiro atoms. The Labute approximate surface area is 74.2 Å². The number of aliphatic hydroxyl groups is 1. The molecular weight excluding hydrogens is 178 g/mol. The first-order valence-corrected chi connectivity index (χ1v) is 3.71. The van der Waals surface area contributed by atoms with Gasteiger partial charge < -0.3 is 10.8 Å². The van der Waals surface area contributed by atoms with Crippen molar-refractivity contribution in [2.45, 2.75) is 20.0 Å².